The normalized spacial score (nSPS) is 23.7. The van der Waals surface area contributed by atoms with Crippen LogP contribution in [-0.4, -0.2) is 101 Å². The molecule has 38 heavy (non-hydrogen) atoms. The van der Waals surface area contributed by atoms with Crippen molar-refractivity contribution < 1.29 is 28.8 Å². The van der Waals surface area contributed by atoms with Crippen molar-refractivity contribution in [1.82, 2.24) is 20.0 Å². The summed E-state index contributed by atoms with van der Waals surface area (Å²) < 4.78 is 0. The Balaban J connectivity index is 1.14. The number of piperidine rings is 1. The molecule has 6 amide bonds. The summed E-state index contributed by atoms with van der Waals surface area (Å²) in [6, 6.07) is 4.07. The summed E-state index contributed by atoms with van der Waals surface area (Å²) in [5.41, 5.74) is 7.09. The van der Waals surface area contributed by atoms with Crippen molar-refractivity contribution in [2.45, 2.75) is 50.6 Å². The number of nitrogens with one attached hydrogen (secondary N) is 1. The molecule has 0 saturated carbocycles. The molecule has 5 rings (SSSR count). The minimum absolute atomic E-state index is 0.0187. The Bertz CT molecular complexity index is 1190. The molecule has 0 bridgehead atoms. The van der Waals surface area contributed by atoms with Gasteiger partial charge in [0, 0.05) is 70.3 Å². The summed E-state index contributed by atoms with van der Waals surface area (Å²) in [6.07, 6.45) is 2.17. The van der Waals surface area contributed by atoms with Gasteiger partial charge in [-0.1, -0.05) is 0 Å². The molecule has 202 valence electrons. The average molecular weight is 525 g/mol. The zero-order chi connectivity index (χ0) is 27.0. The molecule has 3 fully saturated rings. The average Bonchev–Trinajstić information content (AvgIpc) is 3.45. The number of fused-ring (bicyclic) bond motifs is 1. The monoisotopic (exact) mass is 524 g/mol. The van der Waals surface area contributed by atoms with Crippen LogP contribution in [-0.2, 0) is 19.2 Å². The van der Waals surface area contributed by atoms with Crippen LogP contribution < -0.4 is 16.0 Å². The lowest BCUT2D eigenvalue weighted by Crippen LogP contribution is -2.54. The van der Waals surface area contributed by atoms with Gasteiger partial charge in [-0.25, -0.2) is 0 Å². The van der Waals surface area contributed by atoms with Gasteiger partial charge in [-0.2, -0.15) is 0 Å². The first-order valence-corrected chi connectivity index (χ1v) is 13.1. The first-order valence-electron chi connectivity index (χ1n) is 13.1. The Morgan fingerprint density at radius 1 is 0.868 bits per heavy atom. The quantitative estimate of drug-likeness (QED) is 0.471. The van der Waals surface area contributed by atoms with Gasteiger partial charge in [0.15, 0.2) is 0 Å². The molecule has 0 aliphatic carbocycles. The van der Waals surface area contributed by atoms with Crippen LogP contribution in [0.3, 0.4) is 0 Å². The number of rotatable bonds is 6. The van der Waals surface area contributed by atoms with E-state index in [9.17, 15) is 28.8 Å². The van der Waals surface area contributed by atoms with Gasteiger partial charge in [-0.05, 0) is 37.5 Å². The molecule has 4 aliphatic heterocycles. The molecule has 3 saturated heterocycles. The van der Waals surface area contributed by atoms with Crippen molar-refractivity contribution in [1.29, 1.82) is 0 Å². The maximum absolute atomic E-state index is 13.1. The van der Waals surface area contributed by atoms with E-state index in [0.717, 1.165) is 17.0 Å². The number of carbonyl (C=O) groups excluding carboxylic acids is 6. The van der Waals surface area contributed by atoms with Crippen molar-refractivity contribution in [3.8, 4) is 0 Å². The van der Waals surface area contributed by atoms with E-state index < -0.39 is 29.7 Å². The number of likely N-dealkylation sites (tertiary alicyclic amines) is 1. The minimum atomic E-state index is -0.999. The van der Waals surface area contributed by atoms with Crippen LogP contribution in [0, 0.1) is 0 Å². The molecule has 12 heteroatoms. The molecule has 2 atom stereocenters. The number of piperazine rings is 1. The Kier molecular flexibility index (Phi) is 7.15. The molecular weight excluding hydrogens is 492 g/mol. The number of benzene rings is 1. The van der Waals surface area contributed by atoms with Gasteiger partial charge in [0.25, 0.3) is 11.8 Å². The van der Waals surface area contributed by atoms with Gasteiger partial charge < -0.3 is 20.4 Å². The van der Waals surface area contributed by atoms with E-state index in [4.69, 9.17) is 5.73 Å². The highest BCUT2D eigenvalue weighted by Crippen LogP contribution is 2.31. The van der Waals surface area contributed by atoms with E-state index in [1.807, 2.05) is 0 Å². The SMILES string of the molecule is N[C@H]1CCN(C(=O)CCCC(=O)N2CCN(c3ccc4c(c3)C(=O)N(C3CCC(=O)NC3=O)C4=O)CC2)C1. The second-order valence-corrected chi connectivity index (χ2v) is 10.3. The summed E-state index contributed by atoms with van der Waals surface area (Å²) in [4.78, 5) is 81.3. The lowest BCUT2D eigenvalue weighted by molar-refractivity contribution is -0.136. The molecule has 4 aliphatic rings. The number of carbonyl (C=O) groups is 6. The summed E-state index contributed by atoms with van der Waals surface area (Å²) in [6.45, 7) is 3.43. The maximum atomic E-state index is 13.1. The van der Waals surface area contributed by atoms with Crippen molar-refractivity contribution in [2.75, 3.05) is 44.2 Å². The van der Waals surface area contributed by atoms with E-state index in [2.05, 4.69) is 10.2 Å². The van der Waals surface area contributed by atoms with Crippen LogP contribution in [0.2, 0.25) is 0 Å². The van der Waals surface area contributed by atoms with E-state index in [1.54, 1.807) is 28.0 Å². The second-order valence-electron chi connectivity index (χ2n) is 10.3. The number of nitrogens with two attached hydrogens (primary N) is 1. The predicted molar refractivity (Wildman–Crippen MR) is 135 cm³/mol. The van der Waals surface area contributed by atoms with Gasteiger partial charge in [-0.15, -0.1) is 0 Å². The van der Waals surface area contributed by atoms with Gasteiger partial charge in [-0.3, -0.25) is 39.0 Å². The molecule has 12 nitrogen and oxygen atoms in total. The van der Waals surface area contributed by atoms with Crippen molar-refractivity contribution in [3.63, 3.8) is 0 Å². The smallest absolute Gasteiger partial charge is 0.262 e. The second kappa shape index (κ2) is 10.5. The van der Waals surface area contributed by atoms with Crippen molar-refractivity contribution in [3.05, 3.63) is 29.3 Å². The number of amides is 6. The summed E-state index contributed by atoms with van der Waals surface area (Å²) in [7, 11) is 0. The molecule has 3 N–H and O–H groups in total. The van der Waals surface area contributed by atoms with Gasteiger partial charge in [0.1, 0.15) is 6.04 Å². The number of hydrogen-bond acceptors (Lipinski definition) is 8. The molecule has 4 heterocycles. The largest absolute Gasteiger partial charge is 0.368 e. The van der Waals surface area contributed by atoms with E-state index >= 15 is 0 Å². The Labute approximate surface area is 220 Å². The highest BCUT2D eigenvalue weighted by atomic mass is 16.2. The third-order valence-corrected chi connectivity index (χ3v) is 7.78. The fourth-order valence-electron chi connectivity index (χ4n) is 5.59. The van der Waals surface area contributed by atoms with Crippen LogP contribution in [0.15, 0.2) is 18.2 Å². The third-order valence-electron chi connectivity index (χ3n) is 7.78. The molecule has 0 radical (unpaired) electrons. The topological polar surface area (TPSA) is 153 Å². The lowest BCUT2D eigenvalue weighted by atomic mass is 10.0. The van der Waals surface area contributed by atoms with Crippen LogP contribution in [0.4, 0.5) is 5.69 Å². The van der Waals surface area contributed by atoms with E-state index in [1.165, 1.54) is 0 Å². The number of hydrogen-bond donors (Lipinski definition) is 2. The molecule has 1 aromatic carbocycles. The molecular formula is C26H32N6O6. The molecule has 0 aromatic heterocycles. The van der Waals surface area contributed by atoms with Gasteiger partial charge in [0.2, 0.25) is 23.6 Å². The third kappa shape index (κ3) is 5.00. The first kappa shape index (κ1) is 25.8. The maximum Gasteiger partial charge on any atom is 0.262 e. The van der Waals surface area contributed by atoms with E-state index in [-0.39, 0.29) is 41.8 Å². The van der Waals surface area contributed by atoms with Crippen LogP contribution in [0.1, 0.15) is 59.2 Å². The Morgan fingerprint density at radius 3 is 2.21 bits per heavy atom. The molecule has 1 aromatic rings. The predicted octanol–water partition coefficient (Wildman–Crippen LogP) is -0.534. The molecule has 1 unspecified atom stereocenters. The fraction of sp³-hybridized carbons (Fsp3) is 0.538. The number of anilines is 1. The van der Waals surface area contributed by atoms with Gasteiger partial charge in [0.05, 0.1) is 11.1 Å². The fourth-order valence-corrected chi connectivity index (χ4v) is 5.59. The highest BCUT2D eigenvalue weighted by Gasteiger charge is 2.44. The minimum Gasteiger partial charge on any atom is -0.368 e. The highest BCUT2D eigenvalue weighted by molar-refractivity contribution is 6.23. The van der Waals surface area contributed by atoms with Crippen molar-refractivity contribution in [2.24, 2.45) is 5.73 Å². The first-order chi connectivity index (χ1) is 18.2. The lowest BCUT2D eigenvalue weighted by Gasteiger charge is -2.36. The summed E-state index contributed by atoms with van der Waals surface area (Å²) in [5.74, 6) is -2.06. The number of imide groups is 2. The molecule has 0 spiro atoms. The number of nitrogens with zero attached hydrogens (tertiary/aromatic N) is 4. The van der Waals surface area contributed by atoms with Crippen LogP contribution in [0.5, 0.6) is 0 Å². The van der Waals surface area contributed by atoms with E-state index in [0.29, 0.717) is 58.5 Å². The Morgan fingerprint density at radius 2 is 1.55 bits per heavy atom. The van der Waals surface area contributed by atoms with Crippen molar-refractivity contribution >= 4 is 41.1 Å². The standard InChI is InChI=1S/C26H32N6O6/c27-16-8-9-31(15-16)23(35)3-1-2-22(34)30-12-10-29(11-13-30)17-4-5-18-19(14-17)26(38)32(25(18)37)20-6-7-21(33)28-24(20)36/h4-5,14,16,20H,1-3,6-13,15,27H2,(H,28,33,36)/t16-,20?/m0/s1. The Hall–Kier alpha value is -3.80. The summed E-state index contributed by atoms with van der Waals surface area (Å²) in [5, 5.41) is 2.20. The summed E-state index contributed by atoms with van der Waals surface area (Å²) >= 11 is 0. The zero-order valence-corrected chi connectivity index (χ0v) is 21.2. The zero-order valence-electron chi connectivity index (χ0n) is 21.2. The van der Waals surface area contributed by atoms with Gasteiger partial charge >= 0.3 is 0 Å². The van der Waals surface area contributed by atoms with Crippen LogP contribution in [0.25, 0.3) is 0 Å². The van der Waals surface area contributed by atoms with Crippen LogP contribution >= 0.6 is 0 Å².